The second-order valence-electron chi connectivity index (χ2n) is 7.84. The number of aromatic nitrogens is 3. The van der Waals surface area contributed by atoms with Crippen LogP contribution in [0, 0.1) is 0 Å². The highest BCUT2D eigenvalue weighted by molar-refractivity contribution is 5.87. The minimum absolute atomic E-state index is 0.00805. The van der Waals surface area contributed by atoms with Crippen molar-refractivity contribution >= 4 is 11.8 Å². The van der Waals surface area contributed by atoms with Gasteiger partial charge in [0.05, 0.1) is 17.9 Å². The van der Waals surface area contributed by atoms with E-state index in [1.54, 1.807) is 10.9 Å². The Kier molecular flexibility index (Phi) is 6.49. The number of hydrogen-bond acceptors (Lipinski definition) is 5. The van der Waals surface area contributed by atoms with Gasteiger partial charge in [-0.2, -0.15) is 0 Å². The van der Waals surface area contributed by atoms with E-state index in [1.807, 2.05) is 6.92 Å². The first kappa shape index (κ1) is 19.8. The van der Waals surface area contributed by atoms with Gasteiger partial charge in [0.25, 0.3) is 0 Å². The van der Waals surface area contributed by atoms with Crippen molar-refractivity contribution in [3.63, 3.8) is 0 Å². The number of carbonyl (C=O) groups is 1. The third-order valence-corrected chi connectivity index (χ3v) is 5.46. The number of anilines is 1. The molecular weight excluding hydrogens is 344 g/mol. The summed E-state index contributed by atoms with van der Waals surface area (Å²) in [5.74, 6) is 0.460. The Morgan fingerprint density at radius 3 is 2.81 bits per heavy atom. The fourth-order valence-corrected chi connectivity index (χ4v) is 3.74. The first-order chi connectivity index (χ1) is 13.0. The Bertz CT molecular complexity index is 659. The molecule has 8 nitrogen and oxygen atoms in total. The fourth-order valence-electron chi connectivity index (χ4n) is 3.74. The average Bonchev–Trinajstić information content (AvgIpc) is 3.27. The van der Waals surface area contributed by atoms with Gasteiger partial charge in [-0.1, -0.05) is 16.9 Å². The SMILES string of the molecule is CCn1cc(NC(=O)NC[C@H]2CCC3(CCN(CC=C(C)C)CC3)O2)nn1. The van der Waals surface area contributed by atoms with Gasteiger partial charge in [0.2, 0.25) is 0 Å². The number of amides is 2. The number of hydrogen-bond donors (Lipinski definition) is 2. The maximum Gasteiger partial charge on any atom is 0.320 e. The van der Waals surface area contributed by atoms with Crippen LogP contribution in [0.1, 0.15) is 46.5 Å². The standard InChI is InChI=1S/C19H32N6O2/c1-4-25-14-17(22-23-25)21-18(26)20-13-16-5-7-19(27-16)8-11-24(12-9-19)10-6-15(2)3/h6,14,16H,4-5,7-13H2,1-3H3,(H2,20,21,26)/t16-/m1/s1. The van der Waals surface area contributed by atoms with Crippen molar-refractivity contribution < 1.29 is 9.53 Å². The molecule has 0 aliphatic carbocycles. The summed E-state index contributed by atoms with van der Waals surface area (Å²) >= 11 is 0. The van der Waals surface area contributed by atoms with Gasteiger partial charge in [-0.25, -0.2) is 4.79 Å². The lowest BCUT2D eigenvalue weighted by Crippen LogP contribution is -2.45. The number of rotatable bonds is 6. The van der Waals surface area contributed by atoms with Crippen LogP contribution in [-0.2, 0) is 11.3 Å². The molecule has 2 aliphatic heterocycles. The lowest BCUT2D eigenvalue weighted by atomic mass is 9.88. The van der Waals surface area contributed by atoms with E-state index < -0.39 is 0 Å². The summed E-state index contributed by atoms with van der Waals surface area (Å²) in [5, 5.41) is 13.4. The quantitative estimate of drug-likeness (QED) is 0.745. The predicted octanol–water partition coefficient (Wildman–Crippen LogP) is 2.40. The molecule has 2 fully saturated rings. The topological polar surface area (TPSA) is 84.3 Å². The van der Waals surface area contributed by atoms with Crippen LogP contribution in [0.25, 0.3) is 0 Å². The van der Waals surface area contributed by atoms with Crippen LogP contribution in [0.15, 0.2) is 17.8 Å². The summed E-state index contributed by atoms with van der Waals surface area (Å²) in [6.45, 7) is 10.7. The molecule has 0 unspecified atom stereocenters. The lowest BCUT2D eigenvalue weighted by Gasteiger charge is -2.39. The van der Waals surface area contributed by atoms with Crippen LogP contribution >= 0.6 is 0 Å². The number of carbonyl (C=O) groups excluding carboxylic acids is 1. The number of allylic oxidation sites excluding steroid dienone is 1. The van der Waals surface area contributed by atoms with E-state index in [-0.39, 0.29) is 17.7 Å². The van der Waals surface area contributed by atoms with Crippen molar-refractivity contribution in [3.05, 3.63) is 17.8 Å². The minimum Gasteiger partial charge on any atom is -0.370 e. The molecule has 2 amide bonds. The van der Waals surface area contributed by atoms with Gasteiger partial charge in [-0.05, 0) is 46.5 Å². The number of urea groups is 1. The van der Waals surface area contributed by atoms with Crippen LogP contribution in [0.2, 0.25) is 0 Å². The van der Waals surface area contributed by atoms with Gasteiger partial charge < -0.3 is 10.1 Å². The van der Waals surface area contributed by atoms with Crippen molar-refractivity contribution in [1.82, 2.24) is 25.2 Å². The predicted molar refractivity (Wildman–Crippen MR) is 105 cm³/mol. The monoisotopic (exact) mass is 376 g/mol. The van der Waals surface area contributed by atoms with E-state index in [0.717, 1.165) is 51.9 Å². The molecule has 1 aromatic rings. The van der Waals surface area contributed by atoms with Crippen molar-refractivity contribution in [2.45, 2.75) is 64.7 Å². The third kappa shape index (κ3) is 5.52. The molecule has 1 spiro atoms. The van der Waals surface area contributed by atoms with E-state index in [4.69, 9.17) is 4.74 Å². The van der Waals surface area contributed by atoms with E-state index in [0.29, 0.717) is 12.4 Å². The Balaban J connectivity index is 1.38. The maximum absolute atomic E-state index is 12.0. The molecule has 0 radical (unpaired) electrons. The number of aryl methyl sites for hydroxylation is 1. The fraction of sp³-hybridized carbons (Fsp3) is 0.737. The molecule has 1 atom stereocenters. The Morgan fingerprint density at radius 2 is 2.15 bits per heavy atom. The number of nitrogens with zero attached hydrogens (tertiary/aromatic N) is 4. The van der Waals surface area contributed by atoms with Crippen molar-refractivity contribution in [2.24, 2.45) is 0 Å². The van der Waals surface area contributed by atoms with Crippen LogP contribution < -0.4 is 10.6 Å². The van der Waals surface area contributed by atoms with Gasteiger partial charge in [0.1, 0.15) is 0 Å². The van der Waals surface area contributed by atoms with Gasteiger partial charge in [-0.15, -0.1) is 5.10 Å². The normalized spacial score (nSPS) is 22.0. The molecule has 0 bridgehead atoms. The number of piperidine rings is 1. The van der Waals surface area contributed by atoms with E-state index in [1.165, 1.54) is 5.57 Å². The Labute approximate surface area is 161 Å². The van der Waals surface area contributed by atoms with Crippen molar-refractivity contribution in [1.29, 1.82) is 0 Å². The highest BCUT2D eigenvalue weighted by atomic mass is 16.5. The van der Waals surface area contributed by atoms with Crippen molar-refractivity contribution in [3.8, 4) is 0 Å². The molecule has 1 aromatic heterocycles. The highest BCUT2D eigenvalue weighted by Crippen LogP contribution is 2.38. The molecule has 2 aliphatic rings. The summed E-state index contributed by atoms with van der Waals surface area (Å²) in [5.41, 5.74) is 1.38. The molecule has 8 heteroatoms. The second-order valence-corrected chi connectivity index (χ2v) is 7.84. The Morgan fingerprint density at radius 1 is 1.37 bits per heavy atom. The number of ether oxygens (including phenoxy) is 1. The summed E-state index contributed by atoms with van der Waals surface area (Å²) in [6.07, 6.45) is 8.33. The van der Waals surface area contributed by atoms with E-state index in [9.17, 15) is 4.79 Å². The first-order valence-electron chi connectivity index (χ1n) is 9.96. The molecule has 2 N–H and O–H groups in total. The number of likely N-dealkylation sites (tertiary alicyclic amines) is 1. The van der Waals surface area contributed by atoms with Gasteiger partial charge in [0, 0.05) is 32.7 Å². The lowest BCUT2D eigenvalue weighted by molar-refractivity contribution is -0.0738. The second kappa shape index (κ2) is 8.84. The van der Waals surface area contributed by atoms with Crippen LogP contribution in [0.5, 0.6) is 0 Å². The summed E-state index contributed by atoms with van der Waals surface area (Å²) < 4.78 is 8.04. The zero-order chi connectivity index (χ0) is 19.3. The largest absolute Gasteiger partial charge is 0.370 e. The summed E-state index contributed by atoms with van der Waals surface area (Å²) in [6, 6.07) is -0.265. The van der Waals surface area contributed by atoms with Gasteiger partial charge >= 0.3 is 6.03 Å². The van der Waals surface area contributed by atoms with Gasteiger partial charge in [-0.3, -0.25) is 14.9 Å². The average molecular weight is 377 g/mol. The molecule has 150 valence electrons. The smallest absolute Gasteiger partial charge is 0.320 e. The zero-order valence-corrected chi connectivity index (χ0v) is 16.7. The minimum atomic E-state index is -0.265. The molecule has 27 heavy (non-hydrogen) atoms. The van der Waals surface area contributed by atoms with E-state index >= 15 is 0 Å². The van der Waals surface area contributed by atoms with Crippen LogP contribution in [-0.4, -0.2) is 63.8 Å². The number of nitrogens with one attached hydrogen (secondary N) is 2. The van der Waals surface area contributed by atoms with Crippen LogP contribution in [0.3, 0.4) is 0 Å². The zero-order valence-electron chi connectivity index (χ0n) is 16.7. The molecule has 0 saturated carbocycles. The first-order valence-corrected chi connectivity index (χ1v) is 9.96. The van der Waals surface area contributed by atoms with Crippen molar-refractivity contribution in [2.75, 3.05) is 31.5 Å². The molecular formula is C19H32N6O2. The molecule has 3 heterocycles. The Hall–Kier alpha value is -1.93. The molecule has 3 rings (SSSR count). The molecule has 0 aromatic carbocycles. The highest BCUT2D eigenvalue weighted by Gasteiger charge is 2.42. The van der Waals surface area contributed by atoms with Gasteiger partial charge in [0.15, 0.2) is 5.82 Å². The van der Waals surface area contributed by atoms with Crippen LogP contribution in [0.4, 0.5) is 10.6 Å². The molecule has 2 saturated heterocycles. The third-order valence-electron chi connectivity index (χ3n) is 5.46. The summed E-state index contributed by atoms with van der Waals surface area (Å²) in [7, 11) is 0. The summed E-state index contributed by atoms with van der Waals surface area (Å²) in [4.78, 5) is 14.5. The van der Waals surface area contributed by atoms with E-state index in [2.05, 4.69) is 45.8 Å². The maximum atomic E-state index is 12.0.